The van der Waals surface area contributed by atoms with Gasteiger partial charge in [0, 0.05) is 60.6 Å². The molecule has 0 radical (unpaired) electrons. The van der Waals surface area contributed by atoms with Crippen LogP contribution in [0.2, 0.25) is 0 Å². The van der Waals surface area contributed by atoms with Crippen LogP contribution in [0.5, 0.6) is 0 Å². The summed E-state index contributed by atoms with van der Waals surface area (Å²) in [6, 6.07) is 72.2. The molecule has 0 amide bonds. The summed E-state index contributed by atoms with van der Waals surface area (Å²) in [5.41, 5.74) is 12.8. The number of thiophene rings is 2. The first-order valence-electron chi connectivity index (χ1n) is 21.5. The molecule has 64 heavy (non-hydrogen) atoms. The topological polar surface area (TPSA) is 26.3 Å². The molecule has 2 aliphatic heterocycles. The Hall–Kier alpha value is -6.54. The maximum Gasteiger partial charge on any atom is 0.136 e. The first kappa shape index (κ1) is 35.9. The second kappa shape index (κ2) is 13.0. The molecule has 4 aromatic heterocycles. The Bertz CT molecular complexity index is 3560. The largest absolute Gasteiger partial charge is 0.456 e. The van der Waals surface area contributed by atoms with Crippen LogP contribution in [-0.4, -0.2) is 0 Å². The fourth-order valence-electron chi connectivity index (χ4n) is 11.2. The van der Waals surface area contributed by atoms with Crippen molar-refractivity contribution in [3.63, 3.8) is 0 Å². The number of hydrogen-bond donors (Lipinski definition) is 0. The van der Waals surface area contributed by atoms with Gasteiger partial charge in [-0.15, -0.1) is 22.7 Å². The molecule has 0 N–H and O–H groups in total. The Balaban J connectivity index is 1.10. The zero-order valence-electron chi connectivity index (χ0n) is 33.9. The molecule has 6 heteroatoms. The molecule has 0 saturated heterocycles. The van der Waals surface area contributed by atoms with Gasteiger partial charge in [-0.05, 0) is 117 Å². The van der Waals surface area contributed by atoms with Crippen LogP contribution in [0.4, 0.5) is 0 Å². The van der Waals surface area contributed by atoms with Crippen molar-refractivity contribution in [2.24, 2.45) is 0 Å². The average molecular weight is 889 g/mol. The van der Waals surface area contributed by atoms with E-state index in [0.29, 0.717) is 0 Å². The number of benzene rings is 8. The van der Waals surface area contributed by atoms with Crippen molar-refractivity contribution in [3.8, 4) is 20.9 Å². The molecular weight excluding hydrogens is 857 g/mol. The van der Waals surface area contributed by atoms with E-state index in [1.165, 1.54) is 72.5 Å². The van der Waals surface area contributed by atoms with Crippen LogP contribution in [0.3, 0.4) is 0 Å². The smallest absolute Gasteiger partial charge is 0.136 e. The number of rotatable bonds is 2. The maximum absolute atomic E-state index is 6.55. The minimum absolute atomic E-state index is 0.604. The summed E-state index contributed by atoms with van der Waals surface area (Å²) in [6.45, 7) is 0. The number of para-hydroxylation sites is 2. The van der Waals surface area contributed by atoms with E-state index in [9.17, 15) is 0 Å². The molecule has 3 aliphatic rings. The lowest BCUT2D eigenvalue weighted by atomic mass is 9.55. The standard InChI is InChI=1S/C58H32O2S4/c1-7-19-45-35(13-1)37-27-25-33(29-47(37)59-45)53-31-43-55(63-53)58(41-17-5-11-23-51(41)62-52-24-12-6-18-42(52)58)44-32-54(34-26-28-38-36-14-2-8-20-46(36)60-48(38)30-34)64-56(44)57(43)39-15-3-9-21-49(39)61-50-22-10-4-16-40(50)57/h1-32H. The van der Waals surface area contributed by atoms with Crippen molar-refractivity contribution in [1.29, 1.82) is 0 Å². The van der Waals surface area contributed by atoms with Crippen LogP contribution in [0, 0.1) is 0 Å². The highest BCUT2D eigenvalue weighted by molar-refractivity contribution is 7.99. The van der Waals surface area contributed by atoms with Crippen molar-refractivity contribution < 1.29 is 8.83 Å². The molecule has 6 heterocycles. The lowest BCUT2D eigenvalue weighted by Gasteiger charge is -2.51. The summed E-state index contributed by atoms with van der Waals surface area (Å²) >= 11 is 7.71. The highest BCUT2D eigenvalue weighted by Crippen LogP contribution is 2.70. The minimum Gasteiger partial charge on any atom is -0.456 e. The van der Waals surface area contributed by atoms with Crippen LogP contribution in [0.1, 0.15) is 43.1 Å². The van der Waals surface area contributed by atoms with E-state index in [2.05, 4.69) is 194 Å². The lowest BCUT2D eigenvalue weighted by molar-refractivity contribution is 0.609. The highest BCUT2D eigenvalue weighted by Gasteiger charge is 2.60. The maximum atomic E-state index is 6.55. The van der Waals surface area contributed by atoms with Gasteiger partial charge in [-0.3, -0.25) is 0 Å². The Labute approximate surface area is 384 Å². The number of hydrogen-bond acceptors (Lipinski definition) is 6. The summed E-state index contributed by atoms with van der Waals surface area (Å²) < 4.78 is 13.1. The Morgan fingerprint density at radius 1 is 0.297 bits per heavy atom. The Morgan fingerprint density at radius 2 is 0.641 bits per heavy atom. The van der Waals surface area contributed by atoms with E-state index in [4.69, 9.17) is 8.83 Å². The summed E-state index contributed by atoms with van der Waals surface area (Å²) in [6.07, 6.45) is 0. The van der Waals surface area contributed by atoms with Crippen molar-refractivity contribution in [1.82, 2.24) is 0 Å². The van der Waals surface area contributed by atoms with E-state index in [0.717, 1.165) is 55.0 Å². The molecule has 2 nitrogen and oxygen atoms in total. The van der Waals surface area contributed by atoms with Crippen molar-refractivity contribution >= 4 is 90.1 Å². The molecule has 12 aromatic rings. The minimum atomic E-state index is -0.604. The van der Waals surface area contributed by atoms with Crippen molar-refractivity contribution in [2.45, 2.75) is 30.4 Å². The molecule has 8 aromatic carbocycles. The zero-order valence-corrected chi connectivity index (χ0v) is 37.2. The third kappa shape index (κ3) is 4.58. The predicted molar refractivity (Wildman–Crippen MR) is 266 cm³/mol. The summed E-state index contributed by atoms with van der Waals surface area (Å²) in [5.74, 6) is 0. The molecule has 0 bridgehead atoms. The fourth-order valence-corrected chi connectivity index (χ4v) is 16.5. The molecule has 0 saturated carbocycles. The molecule has 0 fully saturated rings. The van der Waals surface area contributed by atoms with Gasteiger partial charge in [0.15, 0.2) is 0 Å². The molecular formula is C58H32O2S4. The van der Waals surface area contributed by atoms with E-state index in [1.807, 2.05) is 46.2 Å². The van der Waals surface area contributed by atoms with Crippen molar-refractivity contribution in [2.75, 3.05) is 0 Å². The van der Waals surface area contributed by atoms with Gasteiger partial charge in [-0.2, -0.15) is 0 Å². The van der Waals surface area contributed by atoms with Crippen molar-refractivity contribution in [3.05, 3.63) is 237 Å². The van der Waals surface area contributed by atoms with Crippen LogP contribution >= 0.6 is 46.2 Å². The zero-order chi connectivity index (χ0) is 41.7. The van der Waals surface area contributed by atoms with Crippen LogP contribution in [0.15, 0.2) is 223 Å². The van der Waals surface area contributed by atoms with E-state index < -0.39 is 10.8 Å². The van der Waals surface area contributed by atoms with E-state index in [-0.39, 0.29) is 0 Å². The Morgan fingerprint density at radius 3 is 1.05 bits per heavy atom. The van der Waals surface area contributed by atoms with Gasteiger partial charge in [0.1, 0.15) is 22.3 Å². The monoisotopic (exact) mass is 888 g/mol. The summed E-state index contributed by atoms with van der Waals surface area (Å²) in [4.78, 5) is 10.4. The third-order valence-corrected chi connectivity index (χ3v) is 18.8. The first-order chi connectivity index (χ1) is 31.7. The lowest BCUT2D eigenvalue weighted by Crippen LogP contribution is -2.45. The van der Waals surface area contributed by atoms with Crippen LogP contribution in [0.25, 0.3) is 64.8 Å². The number of furan rings is 2. The summed E-state index contributed by atoms with van der Waals surface area (Å²) in [7, 11) is 0. The van der Waals surface area contributed by atoms with E-state index in [1.54, 1.807) is 0 Å². The molecule has 0 atom stereocenters. The molecule has 1 aliphatic carbocycles. The molecule has 15 rings (SSSR count). The number of fused-ring (bicyclic) bond motifs is 20. The molecule has 0 unspecified atom stereocenters. The molecule has 2 spiro atoms. The van der Waals surface area contributed by atoms with Gasteiger partial charge in [0.2, 0.25) is 0 Å². The summed E-state index contributed by atoms with van der Waals surface area (Å²) in [5, 5.41) is 4.58. The van der Waals surface area contributed by atoms with Gasteiger partial charge >= 0.3 is 0 Å². The van der Waals surface area contributed by atoms with Gasteiger partial charge in [0.05, 0.1) is 10.8 Å². The normalized spacial score (nSPS) is 15.0. The van der Waals surface area contributed by atoms with E-state index >= 15 is 0 Å². The van der Waals surface area contributed by atoms with Gasteiger partial charge in [-0.25, -0.2) is 0 Å². The molecule has 300 valence electrons. The highest BCUT2D eigenvalue weighted by atomic mass is 32.2. The third-order valence-electron chi connectivity index (χ3n) is 13.9. The van der Waals surface area contributed by atoms with Crippen LogP contribution < -0.4 is 0 Å². The fraction of sp³-hybridized carbons (Fsp3) is 0.0345. The SMILES string of the molecule is c1ccc2c(c1)Sc1ccccc1C21c2cc(-c3ccc4c(c3)oc3ccccc34)sc2C2(c3ccccc3Sc3ccccc32)c2cc(-c3ccc4c(c3)oc3ccccc34)sc21. The van der Waals surface area contributed by atoms with Gasteiger partial charge in [0.25, 0.3) is 0 Å². The Kier molecular flexibility index (Phi) is 7.30. The second-order valence-corrected chi connectivity index (χ2v) is 21.3. The van der Waals surface area contributed by atoms with Gasteiger partial charge in [-0.1, -0.05) is 145 Å². The quantitative estimate of drug-likeness (QED) is 0.173. The predicted octanol–water partition coefficient (Wildman–Crippen LogP) is 17.0. The van der Waals surface area contributed by atoms with Gasteiger partial charge < -0.3 is 8.83 Å². The average Bonchev–Trinajstić information content (AvgIpc) is 4.16. The second-order valence-electron chi connectivity index (χ2n) is 17.0. The van der Waals surface area contributed by atoms with Crippen LogP contribution in [-0.2, 0) is 10.8 Å². The first-order valence-corrected chi connectivity index (χ1v) is 24.8.